The molecular formula is C14H14N4O. The molecule has 3 N–H and O–H groups in total. The number of para-hydroxylation sites is 1. The fraction of sp³-hybridized carbons (Fsp3) is 0.143. The number of pyridine rings is 1. The third kappa shape index (κ3) is 2.28. The number of aromatic nitrogens is 3. The van der Waals surface area contributed by atoms with Gasteiger partial charge >= 0.3 is 0 Å². The molecule has 0 unspecified atom stereocenters. The van der Waals surface area contributed by atoms with Crippen molar-refractivity contribution in [3.8, 4) is 11.8 Å². The van der Waals surface area contributed by atoms with Gasteiger partial charge in [0.25, 0.3) is 0 Å². The first-order valence-corrected chi connectivity index (χ1v) is 6.05. The summed E-state index contributed by atoms with van der Waals surface area (Å²) in [5, 5.41) is 7.91. The molecule has 0 aliphatic heterocycles. The van der Waals surface area contributed by atoms with Gasteiger partial charge in [-0.25, -0.2) is 4.98 Å². The summed E-state index contributed by atoms with van der Waals surface area (Å²) in [4.78, 5) is 4.46. The fourth-order valence-corrected chi connectivity index (χ4v) is 1.99. The number of aryl methyl sites for hydroxylation is 1. The smallest absolute Gasteiger partial charge is 0.240 e. The number of ether oxygens (including phenoxy) is 1. The monoisotopic (exact) mass is 254 g/mol. The SMILES string of the molecule is Cc1cc(Oc2cc(CN)c3ccccc3n2)n[nH]1. The molecule has 1 aromatic carbocycles. The second-order valence-electron chi connectivity index (χ2n) is 4.33. The van der Waals surface area contributed by atoms with Crippen LogP contribution in [0.25, 0.3) is 10.9 Å². The highest BCUT2D eigenvalue weighted by molar-refractivity contribution is 5.82. The molecule has 0 aliphatic carbocycles. The maximum Gasteiger partial charge on any atom is 0.240 e. The molecule has 5 heteroatoms. The van der Waals surface area contributed by atoms with E-state index < -0.39 is 0 Å². The van der Waals surface area contributed by atoms with Gasteiger partial charge < -0.3 is 10.5 Å². The molecule has 0 saturated carbocycles. The second-order valence-corrected chi connectivity index (χ2v) is 4.33. The summed E-state index contributed by atoms with van der Waals surface area (Å²) in [7, 11) is 0. The highest BCUT2D eigenvalue weighted by Gasteiger charge is 2.07. The maximum atomic E-state index is 5.78. The average molecular weight is 254 g/mol. The van der Waals surface area contributed by atoms with Gasteiger partial charge in [-0.15, -0.1) is 5.10 Å². The van der Waals surface area contributed by atoms with Crippen molar-refractivity contribution < 1.29 is 4.74 Å². The van der Waals surface area contributed by atoms with Crippen LogP contribution in [0.3, 0.4) is 0 Å². The first-order chi connectivity index (χ1) is 9.26. The molecule has 96 valence electrons. The quantitative estimate of drug-likeness (QED) is 0.753. The van der Waals surface area contributed by atoms with Crippen LogP contribution in [0.2, 0.25) is 0 Å². The van der Waals surface area contributed by atoms with E-state index in [2.05, 4.69) is 15.2 Å². The molecule has 3 rings (SSSR count). The highest BCUT2D eigenvalue weighted by atomic mass is 16.5. The van der Waals surface area contributed by atoms with Crippen LogP contribution in [0.1, 0.15) is 11.3 Å². The lowest BCUT2D eigenvalue weighted by molar-refractivity contribution is 0.445. The van der Waals surface area contributed by atoms with E-state index in [0.29, 0.717) is 18.3 Å². The molecule has 0 spiro atoms. The number of nitrogens with zero attached hydrogens (tertiary/aromatic N) is 2. The van der Waals surface area contributed by atoms with Crippen molar-refractivity contribution in [3.05, 3.63) is 47.7 Å². The lowest BCUT2D eigenvalue weighted by Crippen LogP contribution is -2.00. The van der Waals surface area contributed by atoms with Gasteiger partial charge in [0.2, 0.25) is 11.8 Å². The third-order valence-corrected chi connectivity index (χ3v) is 2.89. The Balaban J connectivity index is 2.04. The van der Waals surface area contributed by atoms with Crippen LogP contribution >= 0.6 is 0 Å². The topological polar surface area (TPSA) is 76.8 Å². The Morgan fingerprint density at radius 2 is 2.05 bits per heavy atom. The van der Waals surface area contributed by atoms with Gasteiger partial charge in [0.15, 0.2) is 0 Å². The molecule has 0 fully saturated rings. The maximum absolute atomic E-state index is 5.78. The van der Waals surface area contributed by atoms with Crippen molar-refractivity contribution in [1.82, 2.24) is 15.2 Å². The van der Waals surface area contributed by atoms with E-state index in [4.69, 9.17) is 10.5 Å². The summed E-state index contributed by atoms with van der Waals surface area (Å²) in [5.41, 5.74) is 8.59. The van der Waals surface area contributed by atoms with Crippen molar-refractivity contribution in [3.63, 3.8) is 0 Å². The van der Waals surface area contributed by atoms with E-state index in [0.717, 1.165) is 22.2 Å². The van der Waals surface area contributed by atoms with Crippen molar-refractivity contribution in [2.24, 2.45) is 5.73 Å². The standard InChI is InChI=1S/C14H14N4O/c1-9-6-14(18-17-9)19-13-7-10(8-15)11-4-2-3-5-12(11)16-13/h2-7H,8,15H2,1H3,(H,17,18). The number of benzene rings is 1. The zero-order chi connectivity index (χ0) is 13.2. The van der Waals surface area contributed by atoms with E-state index >= 15 is 0 Å². The molecule has 0 atom stereocenters. The molecule has 0 radical (unpaired) electrons. The molecule has 0 saturated heterocycles. The van der Waals surface area contributed by atoms with Crippen molar-refractivity contribution >= 4 is 10.9 Å². The number of hydrogen-bond acceptors (Lipinski definition) is 4. The zero-order valence-electron chi connectivity index (χ0n) is 10.6. The number of hydrogen-bond donors (Lipinski definition) is 2. The summed E-state index contributed by atoms with van der Waals surface area (Å²) in [5.74, 6) is 1.01. The van der Waals surface area contributed by atoms with Gasteiger partial charge in [0, 0.05) is 29.8 Å². The minimum Gasteiger partial charge on any atom is -0.419 e. The second kappa shape index (κ2) is 4.70. The highest BCUT2D eigenvalue weighted by Crippen LogP contribution is 2.24. The average Bonchev–Trinajstić information content (AvgIpc) is 2.83. The summed E-state index contributed by atoms with van der Waals surface area (Å²) in [6.07, 6.45) is 0. The van der Waals surface area contributed by atoms with Gasteiger partial charge in [0.1, 0.15) is 0 Å². The molecule has 0 aliphatic rings. The molecule has 5 nitrogen and oxygen atoms in total. The van der Waals surface area contributed by atoms with Crippen LogP contribution in [-0.2, 0) is 6.54 Å². The molecular weight excluding hydrogens is 240 g/mol. The Kier molecular flexibility index (Phi) is 2.89. The zero-order valence-corrected chi connectivity index (χ0v) is 10.6. The minimum absolute atomic E-state index is 0.443. The summed E-state index contributed by atoms with van der Waals surface area (Å²) in [6, 6.07) is 11.5. The Bertz CT molecular complexity index is 720. The first-order valence-electron chi connectivity index (χ1n) is 6.05. The number of nitrogens with one attached hydrogen (secondary N) is 1. The van der Waals surface area contributed by atoms with Gasteiger partial charge in [-0.1, -0.05) is 18.2 Å². The van der Waals surface area contributed by atoms with Gasteiger partial charge in [-0.3, -0.25) is 5.10 Å². The number of fused-ring (bicyclic) bond motifs is 1. The van der Waals surface area contributed by atoms with Crippen LogP contribution < -0.4 is 10.5 Å². The van der Waals surface area contributed by atoms with Crippen molar-refractivity contribution in [2.45, 2.75) is 13.5 Å². The molecule has 2 heterocycles. The van der Waals surface area contributed by atoms with Crippen molar-refractivity contribution in [2.75, 3.05) is 0 Å². The largest absolute Gasteiger partial charge is 0.419 e. The van der Waals surface area contributed by atoms with E-state index in [9.17, 15) is 0 Å². The summed E-state index contributed by atoms with van der Waals surface area (Å²) in [6.45, 7) is 2.36. The van der Waals surface area contributed by atoms with Crippen LogP contribution in [0, 0.1) is 6.92 Å². The van der Waals surface area contributed by atoms with Crippen LogP contribution in [0.5, 0.6) is 11.8 Å². The van der Waals surface area contributed by atoms with E-state index in [1.54, 1.807) is 0 Å². The Morgan fingerprint density at radius 1 is 1.21 bits per heavy atom. The first kappa shape index (κ1) is 11.7. The Morgan fingerprint density at radius 3 is 2.79 bits per heavy atom. The van der Waals surface area contributed by atoms with Crippen molar-refractivity contribution in [1.29, 1.82) is 0 Å². The summed E-state index contributed by atoms with van der Waals surface area (Å²) < 4.78 is 5.64. The van der Waals surface area contributed by atoms with Gasteiger partial charge in [-0.05, 0) is 18.6 Å². The molecule has 0 bridgehead atoms. The number of rotatable bonds is 3. The summed E-state index contributed by atoms with van der Waals surface area (Å²) >= 11 is 0. The molecule has 0 amide bonds. The Labute approximate surface area is 110 Å². The number of H-pyrrole nitrogens is 1. The van der Waals surface area contributed by atoms with E-state index in [1.165, 1.54) is 0 Å². The predicted octanol–water partition coefficient (Wildman–Crippen LogP) is 2.52. The normalized spacial score (nSPS) is 10.8. The molecule has 19 heavy (non-hydrogen) atoms. The molecule has 3 aromatic rings. The third-order valence-electron chi connectivity index (χ3n) is 2.89. The van der Waals surface area contributed by atoms with E-state index in [1.807, 2.05) is 43.3 Å². The number of aromatic amines is 1. The lowest BCUT2D eigenvalue weighted by Gasteiger charge is -2.07. The lowest BCUT2D eigenvalue weighted by atomic mass is 10.1. The Hall–Kier alpha value is -2.40. The van der Waals surface area contributed by atoms with E-state index in [-0.39, 0.29) is 0 Å². The van der Waals surface area contributed by atoms with Gasteiger partial charge in [0.05, 0.1) is 5.52 Å². The predicted molar refractivity (Wildman–Crippen MR) is 73.0 cm³/mol. The van der Waals surface area contributed by atoms with Crippen LogP contribution in [0.4, 0.5) is 0 Å². The van der Waals surface area contributed by atoms with Gasteiger partial charge in [-0.2, -0.15) is 0 Å². The minimum atomic E-state index is 0.443. The number of nitrogens with two attached hydrogens (primary N) is 1. The molecule has 2 aromatic heterocycles. The van der Waals surface area contributed by atoms with Crippen LogP contribution in [0.15, 0.2) is 36.4 Å². The fourth-order valence-electron chi connectivity index (χ4n) is 1.99. The van der Waals surface area contributed by atoms with Crippen LogP contribution in [-0.4, -0.2) is 15.2 Å².